The summed E-state index contributed by atoms with van der Waals surface area (Å²) in [6.07, 6.45) is -4.53. The molecule has 0 aliphatic carbocycles. The summed E-state index contributed by atoms with van der Waals surface area (Å²) < 4.78 is 39.7. The number of aryl methyl sites for hydroxylation is 1. The predicted molar refractivity (Wildman–Crippen MR) is 76.6 cm³/mol. The number of benzene rings is 1. The molecular formula is C15H17F3N2O2. The van der Waals surface area contributed by atoms with Gasteiger partial charge in [0.25, 0.3) is 5.91 Å². The molecule has 1 unspecified atom stereocenters. The molecule has 1 aromatic carbocycles. The topological polar surface area (TPSA) is 54.3 Å². The average molecular weight is 314 g/mol. The highest BCUT2D eigenvalue weighted by molar-refractivity contribution is 5.98. The third kappa shape index (κ3) is 3.41. The van der Waals surface area contributed by atoms with Gasteiger partial charge in [-0.25, -0.2) is 0 Å². The van der Waals surface area contributed by atoms with Crippen molar-refractivity contribution < 1.29 is 23.1 Å². The Morgan fingerprint density at radius 1 is 1.36 bits per heavy atom. The molecular weight excluding hydrogens is 297 g/mol. The minimum Gasteiger partial charge on any atom is -0.393 e. The van der Waals surface area contributed by atoms with Crippen molar-refractivity contribution in [1.29, 1.82) is 0 Å². The SMILES string of the molecule is CC(O)CCNC(=O)c1cc2cc(C(F)(F)F)ccc2n1C. The van der Waals surface area contributed by atoms with Crippen LogP contribution in [0.3, 0.4) is 0 Å². The van der Waals surface area contributed by atoms with Gasteiger partial charge in [0.05, 0.1) is 11.7 Å². The fourth-order valence-corrected chi connectivity index (χ4v) is 2.23. The van der Waals surface area contributed by atoms with E-state index in [1.54, 1.807) is 18.5 Å². The van der Waals surface area contributed by atoms with E-state index in [4.69, 9.17) is 5.11 Å². The number of halogens is 3. The Hall–Kier alpha value is -2.02. The highest BCUT2D eigenvalue weighted by Gasteiger charge is 2.30. The summed E-state index contributed by atoms with van der Waals surface area (Å²) in [7, 11) is 1.62. The lowest BCUT2D eigenvalue weighted by molar-refractivity contribution is -0.137. The first-order valence-electron chi connectivity index (χ1n) is 6.83. The first-order valence-corrected chi connectivity index (χ1v) is 6.83. The fraction of sp³-hybridized carbons (Fsp3) is 0.400. The van der Waals surface area contributed by atoms with E-state index in [2.05, 4.69) is 5.32 Å². The Morgan fingerprint density at radius 2 is 2.05 bits per heavy atom. The summed E-state index contributed by atoms with van der Waals surface area (Å²) in [5.74, 6) is -0.382. The van der Waals surface area contributed by atoms with Gasteiger partial charge in [-0.1, -0.05) is 0 Å². The van der Waals surface area contributed by atoms with Gasteiger partial charge in [-0.05, 0) is 37.6 Å². The summed E-state index contributed by atoms with van der Waals surface area (Å²) in [6.45, 7) is 1.91. The molecule has 0 fully saturated rings. The van der Waals surface area contributed by atoms with Crippen molar-refractivity contribution in [2.45, 2.75) is 25.6 Å². The summed E-state index contributed by atoms with van der Waals surface area (Å²) in [6, 6.07) is 4.81. The molecule has 2 aromatic rings. The molecule has 7 heteroatoms. The molecule has 0 spiro atoms. The van der Waals surface area contributed by atoms with Crippen LogP contribution in [-0.2, 0) is 13.2 Å². The van der Waals surface area contributed by atoms with Crippen LogP contribution in [-0.4, -0.2) is 28.2 Å². The van der Waals surface area contributed by atoms with Crippen LogP contribution in [0.5, 0.6) is 0 Å². The third-order valence-electron chi connectivity index (χ3n) is 3.45. The second kappa shape index (κ2) is 6.00. The Kier molecular flexibility index (Phi) is 4.46. The Morgan fingerprint density at radius 3 is 2.64 bits per heavy atom. The van der Waals surface area contributed by atoms with Crippen molar-refractivity contribution >= 4 is 16.8 Å². The number of nitrogens with zero attached hydrogens (tertiary/aromatic N) is 1. The first kappa shape index (κ1) is 16.4. The van der Waals surface area contributed by atoms with Gasteiger partial charge in [0.1, 0.15) is 5.69 Å². The van der Waals surface area contributed by atoms with Gasteiger partial charge >= 0.3 is 6.18 Å². The first-order chi connectivity index (χ1) is 10.2. The minimum absolute atomic E-state index is 0.278. The van der Waals surface area contributed by atoms with Crippen LogP contribution < -0.4 is 5.32 Å². The van der Waals surface area contributed by atoms with Gasteiger partial charge in [0, 0.05) is 24.5 Å². The van der Waals surface area contributed by atoms with Gasteiger partial charge in [0.2, 0.25) is 0 Å². The van der Waals surface area contributed by atoms with E-state index >= 15 is 0 Å². The second-order valence-corrected chi connectivity index (χ2v) is 5.25. The van der Waals surface area contributed by atoms with Crippen LogP contribution in [0, 0.1) is 0 Å². The van der Waals surface area contributed by atoms with Crippen molar-refractivity contribution in [3.63, 3.8) is 0 Å². The van der Waals surface area contributed by atoms with E-state index in [0.29, 0.717) is 23.9 Å². The van der Waals surface area contributed by atoms with Gasteiger partial charge in [-0.3, -0.25) is 4.79 Å². The number of rotatable bonds is 4. The number of hydrogen-bond acceptors (Lipinski definition) is 2. The van der Waals surface area contributed by atoms with Crippen molar-refractivity contribution in [2.75, 3.05) is 6.54 Å². The molecule has 1 heterocycles. The van der Waals surface area contributed by atoms with Crippen LogP contribution >= 0.6 is 0 Å². The fourth-order valence-electron chi connectivity index (χ4n) is 2.23. The Balaban J connectivity index is 2.28. The third-order valence-corrected chi connectivity index (χ3v) is 3.45. The molecule has 2 N–H and O–H groups in total. The smallest absolute Gasteiger partial charge is 0.393 e. The van der Waals surface area contributed by atoms with Crippen LogP contribution in [0.25, 0.3) is 10.9 Å². The van der Waals surface area contributed by atoms with Crippen LogP contribution in [0.15, 0.2) is 24.3 Å². The molecule has 0 saturated carbocycles. The lowest BCUT2D eigenvalue weighted by Crippen LogP contribution is -2.28. The van der Waals surface area contributed by atoms with Crippen LogP contribution in [0.1, 0.15) is 29.4 Å². The second-order valence-electron chi connectivity index (χ2n) is 5.25. The number of aliphatic hydroxyl groups is 1. The zero-order chi connectivity index (χ0) is 16.5. The monoisotopic (exact) mass is 314 g/mol. The largest absolute Gasteiger partial charge is 0.416 e. The molecule has 0 aliphatic rings. The van der Waals surface area contributed by atoms with Gasteiger partial charge in [0.15, 0.2) is 0 Å². The van der Waals surface area contributed by atoms with E-state index in [-0.39, 0.29) is 11.6 Å². The normalized spacial score (nSPS) is 13.4. The molecule has 0 aliphatic heterocycles. The maximum atomic E-state index is 12.7. The van der Waals surface area contributed by atoms with E-state index in [1.165, 1.54) is 12.1 Å². The molecule has 1 aromatic heterocycles. The zero-order valence-corrected chi connectivity index (χ0v) is 12.2. The summed E-state index contributed by atoms with van der Waals surface area (Å²) in [4.78, 5) is 12.1. The van der Waals surface area contributed by atoms with E-state index in [9.17, 15) is 18.0 Å². The highest BCUT2D eigenvalue weighted by atomic mass is 19.4. The predicted octanol–water partition coefficient (Wildman–Crippen LogP) is 2.70. The van der Waals surface area contributed by atoms with Crippen LogP contribution in [0.4, 0.5) is 13.2 Å². The standard InChI is InChI=1S/C15H17F3N2O2/c1-9(21)5-6-19-14(22)13-8-10-7-11(15(16,17)18)3-4-12(10)20(13)2/h3-4,7-9,21H,5-6H2,1-2H3,(H,19,22). The molecule has 2 rings (SSSR count). The van der Waals surface area contributed by atoms with Gasteiger partial charge in [-0.15, -0.1) is 0 Å². The average Bonchev–Trinajstić information content (AvgIpc) is 2.74. The van der Waals surface area contributed by atoms with Crippen molar-refractivity contribution in [3.8, 4) is 0 Å². The molecule has 0 bridgehead atoms. The Bertz CT molecular complexity index is 690. The van der Waals surface area contributed by atoms with Gasteiger partial charge < -0.3 is 15.0 Å². The zero-order valence-electron chi connectivity index (χ0n) is 12.2. The number of amides is 1. The lowest BCUT2D eigenvalue weighted by atomic mass is 10.1. The number of fused-ring (bicyclic) bond motifs is 1. The number of nitrogens with one attached hydrogen (secondary N) is 1. The minimum atomic E-state index is -4.41. The number of carbonyl (C=O) groups excluding carboxylic acids is 1. The maximum Gasteiger partial charge on any atom is 0.416 e. The lowest BCUT2D eigenvalue weighted by Gasteiger charge is -2.08. The summed E-state index contributed by atoms with van der Waals surface area (Å²) in [5.41, 5.74) is 0.0836. The molecule has 0 radical (unpaired) electrons. The molecule has 1 amide bonds. The molecule has 120 valence electrons. The van der Waals surface area contributed by atoms with Crippen LogP contribution in [0.2, 0.25) is 0 Å². The quantitative estimate of drug-likeness (QED) is 0.911. The Labute approximate surface area is 125 Å². The number of alkyl halides is 3. The molecule has 0 saturated heterocycles. The van der Waals surface area contributed by atoms with E-state index in [0.717, 1.165) is 12.1 Å². The number of carbonyl (C=O) groups is 1. The summed E-state index contributed by atoms with van der Waals surface area (Å²) in [5, 5.41) is 12.1. The van der Waals surface area contributed by atoms with Gasteiger partial charge in [-0.2, -0.15) is 13.2 Å². The number of aliphatic hydroxyl groups excluding tert-OH is 1. The number of aromatic nitrogens is 1. The highest BCUT2D eigenvalue weighted by Crippen LogP contribution is 2.32. The van der Waals surface area contributed by atoms with E-state index < -0.39 is 17.8 Å². The van der Waals surface area contributed by atoms with Crippen molar-refractivity contribution in [2.24, 2.45) is 7.05 Å². The molecule has 4 nitrogen and oxygen atoms in total. The summed E-state index contributed by atoms with van der Waals surface area (Å²) >= 11 is 0. The molecule has 1 atom stereocenters. The van der Waals surface area contributed by atoms with E-state index in [1.807, 2.05) is 0 Å². The number of hydrogen-bond donors (Lipinski definition) is 2. The molecule has 22 heavy (non-hydrogen) atoms. The van der Waals surface area contributed by atoms with Crippen molar-refractivity contribution in [1.82, 2.24) is 9.88 Å². The van der Waals surface area contributed by atoms with Crippen molar-refractivity contribution in [3.05, 3.63) is 35.5 Å². The maximum absolute atomic E-state index is 12.7.